The van der Waals surface area contributed by atoms with Gasteiger partial charge in [-0.3, -0.25) is 14.4 Å². The average Bonchev–Trinajstić information content (AvgIpc) is 2.74. The number of hydrogen-bond acceptors (Lipinski definition) is 6. The van der Waals surface area contributed by atoms with Gasteiger partial charge in [0.05, 0.1) is 0 Å². The van der Waals surface area contributed by atoms with Crippen LogP contribution in [0.3, 0.4) is 0 Å². The van der Waals surface area contributed by atoms with Gasteiger partial charge in [-0.2, -0.15) is 0 Å². The maximum atomic E-state index is 12.6. The number of carbonyl (C=O) groups excluding carboxylic acids is 3. The van der Waals surface area contributed by atoms with Gasteiger partial charge in [-0.05, 0) is 66.7 Å². The van der Waals surface area contributed by atoms with E-state index in [1.165, 1.54) is 19.2 Å². The van der Waals surface area contributed by atoms with Gasteiger partial charge in [0.15, 0.2) is 5.78 Å². The molecule has 8 heteroatoms. The molecule has 158 valence electrons. The highest BCUT2D eigenvalue weighted by molar-refractivity contribution is 6.08. The molecule has 0 aliphatic carbocycles. The van der Waals surface area contributed by atoms with E-state index in [2.05, 4.69) is 10.6 Å². The fourth-order valence-electron chi connectivity index (χ4n) is 2.82. The number of amides is 2. The van der Waals surface area contributed by atoms with Crippen LogP contribution in [0.25, 0.3) is 0 Å². The molecular weight excluding hydrogens is 396 g/mol. The molecule has 0 spiro atoms. The number of Topliss-reactive ketones (excluding diaryl/α,β-unsaturated/α-hetero) is 1. The van der Waals surface area contributed by atoms with Crippen molar-refractivity contribution in [2.75, 3.05) is 35.8 Å². The topological polar surface area (TPSA) is 137 Å². The molecule has 0 bridgehead atoms. The summed E-state index contributed by atoms with van der Waals surface area (Å²) in [6.45, 7) is -0.138. The van der Waals surface area contributed by atoms with Crippen molar-refractivity contribution < 1.29 is 19.1 Å². The number of anilines is 4. The van der Waals surface area contributed by atoms with E-state index in [4.69, 9.17) is 16.2 Å². The minimum atomic E-state index is -0.382. The number of nitrogen functional groups attached to an aromatic ring is 2. The molecular formula is C23H22N4O4. The Morgan fingerprint density at radius 3 is 1.52 bits per heavy atom. The summed E-state index contributed by atoms with van der Waals surface area (Å²) < 4.78 is 4.91. The van der Waals surface area contributed by atoms with Crippen LogP contribution >= 0.6 is 0 Å². The van der Waals surface area contributed by atoms with Gasteiger partial charge in [0, 0.05) is 46.5 Å². The summed E-state index contributed by atoms with van der Waals surface area (Å²) in [7, 11) is 1.41. The lowest BCUT2D eigenvalue weighted by Gasteiger charge is -2.12. The molecule has 3 aromatic carbocycles. The van der Waals surface area contributed by atoms with Gasteiger partial charge < -0.3 is 26.8 Å². The van der Waals surface area contributed by atoms with Crippen molar-refractivity contribution in [3.05, 3.63) is 83.4 Å². The zero-order valence-electron chi connectivity index (χ0n) is 16.8. The van der Waals surface area contributed by atoms with Crippen LogP contribution in [0.1, 0.15) is 31.1 Å². The average molecular weight is 418 g/mol. The van der Waals surface area contributed by atoms with Crippen molar-refractivity contribution in [3.63, 3.8) is 0 Å². The maximum Gasteiger partial charge on any atom is 0.255 e. The minimum Gasteiger partial charge on any atom is -0.399 e. The third-order valence-electron chi connectivity index (χ3n) is 4.39. The summed E-state index contributed by atoms with van der Waals surface area (Å²) in [6.07, 6.45) is 0. The first-order valence-corrected chi connectivity index (χ1v) is 9.36. The van der Waals surface area contributed by atoms with Crippen LogP contribution in [0.5, 0.6) is 0 Å². The Balaban J connectivity index is 1.87. The molecule has 0 unspecified atom stereocenters. The fourth-order valence-corrected chi connectivity index (χ4v) is 2.82. The number of methoxy groups -OCH3 is 1. The predicted octanol–water partition coefficient (Wildman–Crippen LogP) is 3.18. The first-order chi connectivity index (χ1) is 14.9. The Morgan fingerprint density at radius 2 is 1.13 bits per heavy atom. The molecule has 0 saturated heterocycles. The first-order valence-electron chi connectivity index (χ1n) is 9.36. The Hall–Kier alpha value is -4.17. The normalized spacial score (nSPS) is 10.4. The molecule has 0 aliphatic heterocycles. The molecule has 0 atom stereocenters. The zero-order chi connectivity index (χ0) is 22.4. The molecule has 6 N–H and O–H groups in total. The molecule has 3 aromatic rings. The number of benzene rings is 3. The largest absolute Gasteiger partial charge is 0.399 e. The van der Waals surface area contributed by atoms with Crippen LogP contribution < -0.4 is 22.1 Å². The predicted molar refractivity (Wildman–Crippen MR) is 120 cm³/mol. The number of rotatable bonds is 7. The van der Waals surface area contributed by atoms with Crippen LogP contribution in [0.2, 0.25) is 0 Å². The molecule has 31 heavy (non-hydrogen) atoms. The van der Waals surface area contributed by atoms with E-state index in [0.29, 0.717) is 33.9 Å². The van der Waals surface area contributed by atoms with E-state index < -0.39 is 0 Å². The molecule has 0 heterocycles. The van der Waals surface area contributed by atoms with E-state index in [1.54, 1.807) is 54.6 Å². The van der Waals surface area contributed by atoms with Gasteiger partial charge in [-0.15, -0.1) is 0 Å². The summed E-state index contributed by atoms with van der Waals surface area (Å²) in [5.74, 6) is -1.06. The third-order valence-corrected chi connectivity index (χ3v) is 4.39. The van der Waals surface area contributed by atoms with Crippen molar-refractivity contribution in [1.29, 1.82) is 0 Å². The van der Waals surface area contributed by atoms with Gasteiger partial charge in [0.1, 0.15) is 6.61 Å². The highest BCUT2D eigenvalue weighted by atomic mass is 16.5. The molecule has 0 radical (unpaired) electrons. The first kappa shape index (κ1) is 21.5. The number of ketones is 1. The highest BCUT2D eigenvalue weighted by Gasteiger charge is 2.14. The van der Waals surface area contributed by atoms with Crippen LogP contribution in [0, 0.1) is 0 Å². The summed E-state index contributed by atoms with van der Waals surface area (Å²) >= 11 is 0. The van der Waals surface area contributed by atoms with E-state index in [-0.39, 0.29) is 29.8 Å². The number of nitrogens with two attached hydrogens (primary N) is 2. The van der Waals surface area contributed by atoms with Crippen molar-refractivity contribution in [2.24, 2.45) is 0 Å². The van der Waals surface area contributed by atoms with Gasteiger partial charge in [-0.1, -0.05) is 0 Å². The standard InChI is InChI=1S/C23H22N4O4/c1-31-13-21(28)16-10-19(26-22(29)14-2-6-17(24)7-3-14)12-20(11-16)27-23(30)15-4-8-18(25)9-5-15/h2-12H,13,24-25H2,1H3,(H,26,29)(H,27,30). The van der Waals surface area contributed by atoms with Crippen LogP contribution in [-0.4, -0.2) is 31.3 Å². The quantitative estimate of drug-likeness (QED) is 0.344. The lowest BCUT2D eigenvalue weighted by atomic mass is 10.1. The van der Waals surface area contributed by atoms with Gasteiger partial charge >= 0.3 is 0 Å². The molecule has 8 nitrogen and oxygen atoms in total. The second kappa shape index (κ2) is 9.55. The molecule has 0 saturated carbocycles. The molecule has 3 rings (SSSR count). The molecule has 0 fully saturated rings. The molecule has 2 amide bonds. The van der Waals surface area contributed by atoms with Crippen molar-refractivity contribution >= 4 is 40.3 Å². The van der Waals surface area contributed by atoms with Crippen molar-refractivity contribution in [2.45, 2.75) is 0 Å². The number of carbonyl (C=O) groups is 3. The lowest BCUT2D eigenvalue weighted by molar-refractivity contribution is 0.0847. The SMILES string of the molecule is COCC(=O)c1cc(NC(=O)c2ccc(N)cc2)cc(NC(=O)c2ccc(N)cc2)c1. The fraction of sp³-hybridized carbons (Fsp3) is 0.0870. The smallest absolute Gasteiger partial charge is 0.255 e. The van der Waals surface area contributed by atoms with Gasteiger partial charge in [-0.25, -0.2) is 0 Å². The third kappa shape index (κ3) is 5.68. The number of ether oxygens (including phenoxy) is 1. The van der Waals surface area contributed by atoms with Crippen LogP contribution in [-0.2, 0) is 4.74 Å². The molecule has 0 aromatic heterocycles. The summed E-state index contributed by atoms with van der Waals surface area (Å²) in [5, 5.41) is 5.47. The molecule has 0 aliphatic rings. The summed E-state index contributed by atoms with van der Waals surface area (Å²) in [6, 6.07) is 17.4. The van der Waals surface area contributed by atoms with E-state index in [9.17, 15) is 14.4 Å². The zero-order valence-corrected chi connectivity index (χ0v) is 16.8. The summed E-state index contributed by atoms with van der Waals surface area (Å²) in [5.41, 5.74) is 14.2. The van der Waals surface area contributed by atoms with E-state index in [0.717, 1.165) is 0 Å². The Morgan fingerprint density at radius 1 is 0.710 bits per heavy atom. The lowest BCUT2D eigenvalue weighted by Crippen LogP contribution is -2.16. The van der Waals surface area contributed by atoms with Gasteiger partial charge in [0.25, 0.3) is 11.8 Å². The second-order valence-electron chi connectivity index (χ2n) is 6.81. The van der Waals surface area contributed by atoms with E-state index in [1.807, 2.05) is 0 Å². The second-order valence-corrected chi connectivity index (χ2v) is 6.81. The number of nitrogens with one attached hydrogen (secondary N) is 2. The minimum absolute atomic E-state index is 0.138. The summed E-state index contributed by atoms with van der Waals surface area (Å²) in [4.78, 5) is 37.5. The monoisotopic (exact) mass is 418 g/mol. The number of hydrogen-bond donors (Lipinski definition) is 4. The van der Waals surface area contributed by atoms with Gasteiger partial charge in [0.2, 0.25) is 0 Å². The van der Waals surface area contributed by atoms with Crippen LogP contribution in [0.15, 0.2) is 66.7 Å². The van der Waals surface area contributed by atoms with Crippen molar-refractivity contribution in [1.82, 2.24) is 0 Å². The van der Waals surface area contributed by atoms with Crippen molar-refractivity contribution in [3.8, 4) is 0 Å². The highest BCUT2D eigenvalue weighted by Crippen LogP contribution is 2.22. The maximum absolute atomic E-state index is 12.6. The Bertz CT molecular complexity index is 1030. The van der Waals surface area contributed by atoms with Crippen LogP contribution in [0.4, 0.5) is 22.7 Å². The Kier molecular flexibility index (Phi) is 6.64. The Labute approximate surface area is 179 Å². The van der Waals surface area contributed by atoms with E-state index >= 15 is 0 Å².